The molecular weight excluding hydrogens is 300 g/mol. The van der Waals surface area contributed by atoms with Gasteiger partial charge in [0.15, 0.2) is 0 Å². The summed E-state index contributed by atoms with van der Waals surface area (Å²) >= 11 is 0. The predicted molar refractivity (Wildman–Crippen MR) is 75.2 cm³/mol. The van der Waals surface area contributed by atoms with E-state index in [1.54, 1.807) is 0 Å². The zero-order valence-corrected chi connectivity index (χ0v) is 13.1. The van der Waals surface area contributed by atoms with E-state index in [1.807, 2.05) is 0 Å². The molecule has 0 aliphatic carbocycles. The van der Waals surface area contributed by atoms with Crippen LogP contribution in [0.4, 0.5) is 0 Å². The lowest BCUT2D eigenvalue weighted by Gasteiger charge is -2.33. The smallest absolute Gasteiger partial charge is 0.323 e. The van der Waals surface area contributed by atoms with Crippen molar-refractivity contribution in [1.29, 1.82) is 0 Å². The van der Waals surface area contributed by atoms with Gasteiger partial charge in [-0.1, -0.05) is 0 Å². The van der Waals surface area contributed by atoms with E-state index < -0.39 is 28.5 Å². The highest BCUT2D eigenvalue weighted by molar-refractivity contribution is 7.88. The molecule has 21 heavy (non-hydrogen) atoms. The molecule has 1 heterocycles. The lowest BCUT2D eigenvalue weighted by molar-refractivity contribution is -0.147. The Morgan fingerprint density at radius 3 is 2.62 bits per heavy atom. The molecule has 1 rings (SSSR count). The SMILES string of the molecule is COCCN(CC(=O)O)C(=O)C1CCCN(S(C)(=O)=O)C1. The number of carbonyl (C=O) groups excluding carboxylic acids is 1. The van der Waals surface area contributed by atoms with Crippen LogP contribution in [0, 0.1) is 5.92 Å². The summed E-state index contributed by atoms with van der Waals surface area (Å²) in [6.07, 6.45) is 2.27. The number of piperidine rings is 1. The number of hydrogen-bond acceptors (Lipinski definition) is 5. The van der Waals surface area contributed by atoms with E-state index in [2.05, 4.69) is 0 Å². The Kier molecular flexibility index (Phi) is 6.56. The van der Waals surface area contributed by atoms with E-state index >= 15 is 0 Å². The fraction of sp³-hybridized carbons (Fsp3) is 0.833. The Morgan fingerprint density at radius 1 is 1.43 bits per heavy atom. The minimum atomic E-state index is -3.34. The van der Waals surface area contributed by atoms with Crippen LogP contribution in [0.3, 0.4) is 0 Å². The van der Waals surface area contributed by atoms with Crippen LogP contribution in [0.2, 0.25) is 0 Å². The second-order valence-electron chi connectivity index (χ2n) is 5.11. The summed E-state index contributed by atoms with van der Waals surface area (Å²) in [6, 6.07) is 0. The summed E-state index contributed by atoms with van der Waals surface area (Å²) in [4.78, 5) is 24.5. The monoisotopic (exact) mass is 322 g/mol. The number of carboxylic acids is 1. The zero-order valence-electron chi connectivity index (χ0n) is 12.3. The molecule has 1 amide bonds. The Morgan fingerprint density at radius 2 is 2.10 bits per heavy atom. The Labute approximate surface area is 124 Å². The number of methoxy groups -OCH3 is 1. The summed E-state index contributed by atoms with van der Waals surface area (Å²) in [5, 5.41) is 8.87. The van der Waals surface area contributed by atoms with Gasteiger partial charge < -0.3 is 14.7 Å². The van der Waals surface area contributed by atoms with E-state index in [1.165, 1.54) is 16.3 Å². The van der Waals surface area contributed by atoms with Crippen LogP contribution in [-0.2, 0) is 24.3 Å². The van der Waals surface area contributed by atoms with E-state index in [4.69, 9.17) is 9.84 Å². The third-order valence-electron chi connectivity index (χ3n) is 3.41. The first-order valence-corrected chi connectivity index (χ1v) is 8.55. The van der Waals surface area contributed by atoms with E-state index in [0.29, 0.717) is 19.4 Å². The largest absolute Gasteiger partial charge is 0.480 e. The highest BCUT2D eigenvalue weighted by atomic mass is 32.2. The van der Waals surface area contributed by atoms with Crippen molar-refractivity contribution < 1.29 is 27.9 Å². The summed E-state index contributed by atoms with van der Waals surface area (Å²) < 4.78 is 29.3. The third-order valence-corrected chi connectivity index (χ3v) is 4.68. The Balaban J connectivity index is 2.75. The molecule has 1 saturated heterocycles. The van der Waals surface area contributed by atoms with Crippen LogP contribution in [0.1, 0.15) is 12.8 Å². The Hall–Kier alpha value is -1.19. The molecule has 1 aliphatic rings. The van der Waals surface area contributed by atoms with Gasteiger partial charge in [0, 0.05) is 26.7 Å². The summed E-state index contributed by atoms with van der Waals surface area (Å²) in [5.41, 5.74) is 0. The second kappa shape index (κ2) is 7.71. The molecule has 0 saturated carbocycles. The number of carboxylic acid groups (broad SMARTS) is 1. The number of ether oxygens (including phenoxy) is 1. The molecule has 0 bridgehead atoms. The molecular formula is C12H22N2O6S. The molecule has 9 heteroatoms. The molecule has 0 radical (unpaired) electrons. The average molecular weight is 322 g/mol. The van der Waals surface area contributed by atoms with Crippen LogP contribution in [0.25, 0.3) is 0 Å². The van der Waals surface area contributed by atoms with E-state index in [9.17, 15) is 18.0 Å². The first-order valence-electron chi connectivity index (χ1n) is 6.70. The average Bonchev–Trinajstić information content (AvgIpc) is 2.41. The van der Waals surface area contributed by atoms with Crippen molar-refractivity contribution in [2.24, 2.45) is 5.92 Å². The minimum Gasteiger partial charge on any atom is -0.480 e. The van der Waals surface area contributed by atoms with Gasteiger partial charge in [0.05, 0.1) is 18.8 Å². The number of amides is 1. The lowest BCUT2D eigenvalue weighted by Crippen LogP contribution is -2.48. The molecule has 0 aromatic heterocycles. The summed E-state index contributed by atoms with van der Waals surface area (Å²) in [5.74, 6) is -1.93. The van der Waals surface area contributed by atoms with Crippen LogP contribution in [0.5, 0.6) is 0 Å². The van der Waals surface area contributed by atoms with Gasteiger partial charge in [-0.3, -0.25) is 9.59 Å². The number of rotatable bonds is 7. The highest BCUT2D eigenvalue weighted by Gasteiger charge is 2.33. The van der Waals surface area contributed by atoms with Crippen LogP contribution in [-0.4, -0.2) is 80.8 Å². The van der Waals surface area contributed by atoms with Crippen molar-refractivity contribution in [1.82, 2.24) is 9.21 Å². The van der Waals surface area contributed by atoms with E-state index in [0.717, 1.165) is 6.26 Å². The summed E-state index contributed by atoms with van der Waals surface area (Å²) in [7, 11) is -1.87. The molecule has 1 atom stereocenters. The molecule has 8 nitrogen and oxygen atoms in total. The number of sulfonamides is 1. The van der Waals surface area contributed by atoms with Gasteiger partial charge in [0.25, 0.3) is 0 Å². The zero-order chi connectivity index (χ0) is 16.0. The van der Waals surface area contributed by atoms with Crippen LogP contribution in [0.15, 0.2) is 0 Å². The predicted octanol–water partition coefficient (Wildman–Crippen LogP) is -0.782. The molecule has 0 aromatic carbocycles. The van der Waals surface area contributed by atoms with Gasteiger partial charge in [-0.05, 0) is 12.8 Å². The fourth-order valence-corrected chi connectivity index (χ4v) is 3.25. The molecule has 1 aliphatic heterocycles. The van der Waals surface area contributed by atoms with Gasteiger partial charge in [0.2, 0.25) is 15.9 Å². The molecule has 122 valence electrons. The van der Waals surface area contributed by atoms with Crippen LogP contribution >= 0.6 is 0 Å². The number of aliphatic carboxylic acids is 1. The second-order valence-corrected chi connectivity index (χ2v) is 7.09. The van der Waals surface area contributed by atoms with Crippen molar-refractivity contribution in [2.75, 3.05) is 46.2 Å². The summed E-state index contributed by atoms with van der Waals surface area (Å²) in [6.45, 7) is 0.524. The molecule has 0 aromatic rings. The van der Waals surface area contributed by atoms with Gasteiger partial charge in [0.1, 0.15) is 6.54 Å². The topological polar surface area (TPSA) is 104 Å². The Bertz CT molecular complexity index is 478. The van der Waals surface area contributed by atoms with Gasteiger partial charge >= 0.3 is 5.97 Å². The number of carbonyl (C=O) groups is 2. The van der Waals surface area contributed by atoms with Gasteiger partial charge in [-0.25, -0.2) is 12.7 Å². The standard InChI is InChI=1S/C12H22N2O6S/c1-20-7-6-13(9-11(15)16)12(17)10-4-3-5-14(8-10)21(2,18)19/h10H,3-9H2,1-2H3,(H,15,16). The lowest BCUT2D eigenvalue weighted by atomic mass is 9.98. The van der Waals surface area contributed by atoms with Gasteiger partial charge in [-0.15, -0.1) is 0 Å². The van der Waals surface area contributed by atoms with Crippen molar-refractivity contribution in [3.63, 3.8) is 0 Å². The van der Waals surface area contributed by atoms with E-state index in [-0.39, 0.29) is 25.6 Å². The maximum atomic E-state index is 12.4. The normalized spacial score (nSPS) is 20.2. The minimum absolute atomic E-state index is 0.112. The highest BCUT2D eigenvalue weighted by Crippen LogP contribution is 2.20. The van der Waals surface area contributed by atoms with Crippen molar-refractivity contribution >= 4 is 21.9 Å². The van der Waals surface area contributed by atoms with Crippen LogP contribution < -0.4 is 0 Å². The fourth-order valence-electron chi connectivity index (χ4n) is 2.34. The van der Waals surface area contributed by atoms with Crippen molar-refractivity contribution in [3.05, 3.63) is 0 Å². The maximum Gasteiger partial charge on any atom is 0.323 e. The number of hydrogen-bond donors (Lipinski definition) is 1. The van der Waals surface area contributed by atoms with Gasteiger partial charge in [-0.2, -0.15) is 0 Å². The third kappa shape index (κ3) is 5.60. The molecule has 0 spiro atoms. The quantitative estimate of drug-likeness (QED) is 0.659. The van der Waals surface area contributed by atoms with Crippen molar-refractivity contribution in [2.45, 2.75) is 12.8 Å². The number of nitrogens with zero attached hydrogens (tertiary/aromatic N) is 2. The first-order chi connectivity index (χ1) is 9.75. The first kappa shape index (κ1) is 17.9. The maximum absolute atomic E-state index is 12.4. The molecule has 1 N–H and O–H groups in total. The van der Waals surface area contributed by atoms with Crippen molar-refractivity contribution in [3.8, 4) is 0 Å². The molecule has 1 unspecified atom stereocenters. The molecule has 1 fully saturated rings.